The van der Waals surface area contributed by atoms with Crippen LogP contribution in [0.3, 0.4) is 0 Å². The lowest BCUT2D eigenvalue weighted by molar-refractivity contribution is 0.123. The summed E-state index contributed by atoms with van der Waals surface area (Å²) in [6, 6.07) is 2.68. The second-order valence-corrected chi connectivity index (χ2v) is 5.99. The molecule has 2 atom stereocenters. The second kappa shape index (κ2) is 5.60. The predicted molar refractivity (Wildman–Crippen MR) is 70.6 cm³/mol. The molecule has 16 heavy (non-hydrogen) atoms. The molecule has 0 amide bonds. The van der Waals surface area contributed by atoms with Gasteiger partial charge in [0.05, 0.1) is 12.6 Å². The molecule has 2 unspecified atom stereocenters. The van der Waals surface area contributed by atoms with Gasteiger partial charge in [-0.3, -0.25) is 4.90 Å². The van der Waals surface area contributed by atoms with Crippen LogP contribution < -0.4 is 5.73 Å². The van der Waals surface area contributed by atoms with E-state index in [0.29, 0.717) is 6.54 Å². The highest BCUT2D eigenvalue weighted by atomic mass is 79.9. The van der Waals surface area contributed by atoms with E-state index in [1.54, 1.807) is 11.3 Å². The summed E-state index contributed by atoms with van der Waals surface area (Å²) in [5, 5.41) is 11.4. The largest absolute Gasteiger partial charge is 0.395 e. The van der Waals surface area contributed by atoms with Gasteiger partial charge in [0.15, 0.2) is 0 Å². The summed E-state index contributed by atoms with van der Waals surface area (Å²) in [5.74, 6) is 0. The highest BCUT2D eigenvalue weighted by Gasteiger charge is 2.30. The zero-order valence-electron chi connectivity index (χ0n) is 9.10. The van der Waals surface area contributed by atoms with Gasteiger partial charge in [-0.1, -0.05) is 0 Å². The Kier molecular flexibility index (Phi) is 4.38. The summed E-state index contributed by atoms with van der Waals surface area (Å²) in [4.78, 5) is 3.63. The van der Waals surface area contributed by atoms with Gasteiger partial charge in [-0.25, -0.2) is 0 Å². The first-order chi connectivity index (χ1) is 7.76. The van der Waals surface area contributed by atoms with Crippen molar-refractivity contribution in [3.63, 3.8) is 0 Å². The molecule has 3 N–H and O–H groups in total. The number of rotatable bonds is 4. The van der Waals surface area contributed by atoms with Crippen LogP contribution in [-0.4, -0.2) is 35.7 Å². The van der Waals surface area contributed by atoms with Gasteiger partial charge < -0.3 is 10.8 Å². The first-order valence-corrected chi connectivity index (χ1v) is 7.24. The summed E-state index contributed by atoms with van der Waals surface area (Å²) in [5.41, 5.74) is 5.88. The first kappa shape index (κ1) is 12.5. The lowest BCUT2D eigenvalue weighted by Gasteiger charge is -2.30. The van der Waals surface area contributed by atoms with Crippen molar-refractivity contribution in [1.29, 1.82) is 0 Å². The van der Waals surface area contributed by atoms with Crippen LogP contribution in [0.5, 0.6) is 0 Å². The number of hydrogen-bond donors (Lipinski definition) is 2. The molecule has 2 heterocycles. The van der Waals surface area contributed by atoms with E-state index in [2.05, 4.69) is 32.3 Å². The van der Waals surface area contributed by atoms with Crippen molar-refractivity contribution in [3.05, 3.63) is 20.8 Å². The molecule has 1 aliphatic rings. The van der Waals surface area contributed by atoms with Crippen molar-refractivity contribution >= 4 is 27.3 Å². The predicted octanol–water partition coefficient (Wildman–Crippen LogP) is 1.97. The molecule has 3 nitrogen and oxygen atoms in total. The zero-order valence-corrected chi connectivity index (χ0v) is 11.5. The molecule has 0 aliphatic carbocycles. The Morgan fingerprint density at radius 1 is 1.69 bits per heavy atom. The Labute approximate surface area is 108 Å². The minimum Gasteiger partial charge on any atom is -0.395 e. The molecule has 1 saturated heterocycles. The Hall–Kier alpha value is 0.0600. The number of aliphatic hydroxyl groups excluding tert-OH is 1. The first-order valence-electron chi connectivity index (χ1n) is 5.57. The van der Waals surface area contributed by atoms with Crippen LogP contribution in [0.1, 0.15) is 23.8 Å². The van der Waals surface area contributed by atoms with E-state index >= 15 is 0 Å². The van der Waals surface area contributed by atoms with Crippen LogP contribution in [0.15, 0.2) is 15.9 Å². The molecule has 0 bridgehead atoms. The normalized spacial score (nSPS) is 23.8. The molecular weight excluding hydrogens is 288 g/mol. The molecule has 0 radical (unpaired) electrons. The number of nitrogens with two attached hydrogens (primary N) is 1. The zero-order chi connectivity index (χ0) is 11.5. The summed E-state index contributed by atoms with van der Waals surface area (Å²) in [6.07, 6.45) is 2.24. The van der Waals surface area contributed by atoms with Crippen molar-refractivity contribution in [2.75, 3.05) is 19.7 Å². The van der Waals surface area contributed by atoms with Crippen molar-refractivity contribution in [1.82, 2.24) is 4.90 Å². The maximum Gasteiger partial charge on any atom is 0.0587 e. The smallest absolute Gasteiger partial charge is 0.0587 e. The standard InChI is InChI=1S/C11H17BrN2OS/c12-8-4-11(16-7-8)10(5-13)14-3-1-2-9(14)6-15/h4,7,9-10,15H,1-3,5-6,13H2. The van der Waals surface area contributed by atoms with Gasteiger partial charge in [0.25, 0.3) is 0 Å². The molecule has 1 aromatic rings. The summed E-state index contributed by atoms with van der Waals surface area (Å²) in [7, 11) is 0. The molecule has 0 aromatic carbocycles. The van der Waals surface area contributed by atoms with Crippen LogP contribution in [0.2, 0.25) is 0 Å². The number of halogens is 1. The molecule has 1 aromatic heterocycles. The maximum atomic E-state index is 9.34. The van der Waals surface area contributed by atoms with Crippen LogP contribution in [0, 0.1) is 0 Å². The number of nitrogens with zero attached hydrogens (tertiary/aromatic N) is 1. The van der Waals surface area contributed by atoms with Crippen LogP contribution >= 0.6 is 27.3 Å². The van der Waals surface area contributed by atoms with Crippen molar-refractivity contribution < 1.29 is 5.11 Å². The van der Waals surface area contributed by atoms with Crippen molar-refractivity contribution in [2.24, 2.45) is 5.73 Å². The van der Waals surface area contributed by atoms with E-state index < -0.39 is 0 Å². The Balaban J connectivity index is 2.15. The fourth-order valence-corrected chi connectivity index (χ4v) is 3.96. The van der Waals surface area contributed by atoms with Crippen molar-refractivity contribution in [3.8, 4) is 0 Å². The topological polar surface area (TPSA) is 49.5 Å². The number of thiophene rings is 1. The van der Waals surface area contributed by atoms with Crippen LogP contribution in [0.4, 0.5) is 0 Å². The molecule has 2 rings (SSSR count). The lowest BCUT2D eigenvalue weighted by atomic mass is 10.1. The molecule has 0 saturated carbocycles. The minimum atomic E-state index is 0.239. The maximum absolute atomic E-state index is 9.34. The van der Waals surface area contributed by atoms with Gasteiger partial charge in [0.1, 0.15) is 0 Å². The van der Waals surface area contributed by atoms with Crippen molar-refractivity contribution in [2.45, 2.75) is 24.9 Å². The summed E-state index contributed by atoms with van der Waals surface area (Å²) >= 11 is 5.20. The molecular formula is C11H17BrN2OS. The fourth-order valence-electron chi connectivity index (χ4n) is 2.38. The third-order valence-corrected chi connectivity index (χ3v) is 4.97. The van der Waals surface area contributed by atoms with E-state index in [9.17, 15) is 5.11 Å². The van der Waals surface area contributed by atoms with Gasteiger partial charge in [0.2, 0.25) is 0 Å². The highest BCUT2D eigenvalue weighted by Crippen LogP contribution is 2.33. The quantitative estimate of drug-likeness (QED) is 0.894. The molecule has 0 spiro atoms. The molecule has 5 heteroatoms. The number of aliphatic hydroxyl groups is 1. The monoisotopic (exact) mass is 304 g/mol. The fraction of sp³-hybridized carbons (Fsp3) is 0.636. The second-order valence-electron chi connectivity index (χ2n) is 4.14. The molecule has 90 valence electrons. The van der Waals surface area contributed by atoms with E-state index in [1.807, 2.05) is 0 Å². The van der Waals surface area contributed by atoms with Gasteiger partial charge >= 0.3 is 0 Å². The van der Waals surface area contributed by atoms with Gasteiger partial charge in [-0.15, -0.1) is 11.3 Å². The van der Waals surface area contributed by atoms with Crippen LogP contribution in [0.25, 0.3) is 0 Å². The molecule has 1 fully saturated rings. The Morgan fingerprint density at radius 3 is 3.06 bits per heavy atom. The average Bonchev–Trinajstić information content (AvgIpc) is 2.89. The summed E-state index contributed by atoms with van der Waals surface area (Å²) in [6.45, 7) is 1.90. The van der Waals surface area contributed by atoms with Gasteiger partial charge in [-0.2, -0.15) is 0 Å². The highest BCUT2D eigenvalue weighted by molar-refractivity contribution is 9.10. The SMILES string of the molecule is NCC(c1cc(Br)cs1)N1CCCC1CO. The average molecular weight is 305 g/mol. The van der Waals surface area contributed by atoms with Gasteiger partial charge in [-0.05, 0) is 41.4 Å². The third kappa shape index (κ3) is 2.49. The van der Waals surface area contributed by atoms with Gasteiger partial charge in [0, 0.05) is 27.3 Å². The minimum absolute atomic E-state index is 0.239. The van der Waals surface area contributed by atoms with Crippen LogP contribution in [-0.2, 0) is 0 Å². The van der Waals surface area contributed by atoms with E-state index in [1.165, 1.54) is 4.88 Å². The van der Waals surface area contributed by atoms with E-state index in [4.69, 9.17) is 5.73 Å². The number of likely N-dealkylation sites (tertiary alicyclic amines) is 1. The molecule has 1 aliphatic heterocycles. The Bertz CT molecular complexity index is 344. The van der Waals surface area contributed by atoms with E-state index in [-0.39, 0.29) is 18.7 Å². The van der Waals surface area contributed by atoms with E-state index in [0.717, 1.165) is 23.9 Å². The lowest BCUT2D eigenvalue weighted by Crippen LogP contribution is -2.38. The Morgan fingerprint density at radius 2 is 2.50 bits per heavy atom. The third-order valence-electron chi connectivity index (χ3n) is 3.17. The number of hydrogen-bond acceptors (Lipinski definition) is 4. The summed E-state index contributed by atoms with van der Waals surface area (Å²) < 4.78 is 1.12.